The van der Waals surface area contributed by atoms with Crippen LogP contribution >= 0.6 is 0 Å². The van der Waals surface area contributed by atoms with Crippen molar-refractivity contribution in [1.29, 1.82) is 0 Å². The molecule has 180 valence electrons. The van der Waals surface area contributed by atoms with Crippen LogP contribution in [0.5, 0.6) is 5.75 Å². The SMILES string of the molecule is CNc1cc(COC(=O)C(F)(F)F)nc(Nc2ccc(OC)c(-n3ncc4c3CCCC4)c2)n1. The predicted molar refractivity (Wildman–Crippen MR) is 117 cm³/mol. The number of benzene rings is 1. The van der Waals surface area contributed by atoms with Gasteiger partial charge in [-0.3, -0.25) is 0 Å². The van der Waals surface area contributed by atoms with E-state index in [0.29, 0.717) is 17.3 Å². The molecule has 2 N–H and O–H groups in total. The predicted octanol–water partition coefficient (Wildman–Crippen LogP) is 3.94. The standard InChI is InChI=1S/C22H23F3N6O3/c1-26-19-10-15(12-34-20(32)22(23,24)25)29-21(30-19)28-14-7-8-18(33-2)17(9-14)31-16-6-4-3-5-13(16)11-27-31/h7-11H,3-6,12H2,1-2H3,(H2,26,28,29,30). The number of methoxy groups -OCH3 is 1. The van der Waals surface area contributed by atoms with Crippen LogP contribution in [0.2, 0.25) is 0 Å². The first kappa shape index (κ1) is 23.3. The molecule has 0 saturated heterocycles. The van der Waals surface area contributed by atoms with Gasteiger partial charge in [0, 0.05) is 24.5 Å². The second-order valence-electron chi connectivity index (χ2n) is 7.64. The molecule has 1 aliphatic carbocycles. The number of carbonyl (C=O) groups excluding carboxylic acids is 1. The van der Waals surface area contributed by atoms with E-state index >= 15 is 0 Å². The molecule has 0 spiro atoms. The Kier molecular flexibility index (Phi) is 6.57. The summed E-state index contributed by atoms with van der Waals surface area (Å²) in [5.41, 5.74) is 3.80. The van der Waals surface area contributed by atoms with Crippen molar-refractivity contribution >= 4 is 23.4 Å². The number of hydrogen-bond donors (Lipinski definition) is 2. The smallest absolute Gasteiger partial charge is 0.490 e. The summed E-state index contributed by atoms with van der Waals surface area (Å²) in [7, 11) is 3.18. The third-order valence-electron chi connectivity index (χ3n) is 5.35. The zero-order valence-electron chi connectivity index (χ0n) is 18.6. The summed E-state index contributed by atoms with van der Waals surface area (Å²) in [5.74, 6) is -1.20. The highest BCUT2D eigenvalue weighted by Crippen LogP contribution is 2.31. The molecule has 1 aliphatic rings. The molecule has 0 unspecified atom stereocenters. The van der Waals surface area contributed by atoms with E-state index in [4.69, 9.17) is 4.74 Å². The molecule has 0 saturated carbocycles. The van der Waals surface area contributed by atoms with Gasteiger partial charge in [-0.1, -0.05) is 0 Å². The highest BCUT2D eigenvalue weighted by atomic mass is 19.4. The van der Waals surface area contributed by atoms with Gasteiger partial charge in [-0.15, -0.1) is 0 Å². The summed E-state index contributed by atoms with van der Waals surface area (Å²) in [4.78, 5) is 19.5. The van der Waals surface area contributed by atoms with Crippen molar-refractivity contribution in [2.75, 3.05) is 24.8 Å². The Labute approximate surface area is 193 Å². The number of ether oxygens (including phenoxy) is 2. The Morgan fingerprint density at radius 3 is 2.71 bits per heavy atom. The molecular weight excluding hydrogens is 453 g/mol. The number of fused-ring (bicyclic) bond motifs is 1. The quantitative estimate of drug-likeness (QED) is 0.495. The van der Waals surface area contributed by atoms with E-state index in [1.165, 1.54) is 11.6 Å². The third-order valence-corrected chi connectivity index (χ3v) is 5.35. The van der Waals surface area contributed by atoms with Gasteiger partial charge in [0.05, 0.1) is 19.0 Å². The fourth-order valence-corrected chi connectivity index (χ4v) is 3.74. The number of anilines is 3. The summed E-state index contributed by atoms with van der Waals surface area (Å²) < 4.78 is 49.0. The van der Waals surface area contributed by atoms with Crippen molar-refractivity contribution in [3.63, 3.8) is 0 Å². The lowest BCUT2D eigenvalue weighted by molar-refractivity contribution is -0.201. The van der Waals surface area contributed by atoms with Gasteiger partial charge in [-0.25, -0.2) is 14.5 Å². The van der Waals surface area contributed by atoms with Crippen LogP contribution in [-0.4, -0.2) is 46.1 Å². The van der Waals surface area contributed by atoms with Crippen molar-refractivity contribution < 1.29 is 27.4 Å². The first-order chi connectivity index (χ1) is 16.3. The van der Waals surface area contributed by atoms with Crippen LogP contribution < -0.4 is 15.4 Å². The molecular formula is C22H23F3N6O3. The van der Waals surface area contributed by atoms with Gasteiger partial charge in [0.2, 0.25) is 5.95 Å². The highest BCUT2D eigenvalue weighted by Gasteiger charge is 2.41. The number of nitrogens with zero attached hydrogens (tertiary/aromatic N) is 4. The Bertz CT molecular complexity index is 1200. The maximum atomic E-state index is 12.4. The number of aryl methyl sites for hydroxylation is 1. The first-order valence-corrected chi connectivity index (χ1v) is 10.6. The summed E-state index contributed by atoms with van der Waals surface area (Å²) in [6.07, 6.45) is 0.932. The summed E-state index contributed by atoms with van der Waals surface area (Å²) in [5, 5.41) is 10.4. The van der Waals surface area contributed by atoms with Crippen LogP contribution in [0.3, 0.4) is 0 Å². The zero-order valence-corrected chi connectivity index (χ0v) is 18.6. The lowest BCUT2D eigenvalue weighted by Gasteiger charge is -2.17. The zero-order chi connectivity index (χ0) is 24.3. The maximum Gasteiger partial charge on any atom is 0.490 e. The Balaban J connectivity index is 1.61. The summed E-state index contributed by atoms with van der Waals surface area (Å²) >= 11 is 0. The van der Waals surface area contributed by atoms with E-state index in [0.717, 1.165) is 37.1 Å². The minimum atomic E-state index is -5.08. The monoisotopic (exact) mass is 476 g/mol. The number of hydrogen-bond acceptors (Lipinski definition) is 8. The van der Waals surface area contributed by atoms with E-state index in [1.807, 2.05) is 16.9 Å². The lowest BCUT2D eigenvalue weighted by Crippen LogP contribution is -2.25. The van der Waals surface area contributed by atoms with Crippen LogP contribution in [-0.2, 0) is 29.0 Å². The van der Waals surface area contributed by atoms with E-state index in [2.05, 4.69) is 30.4 Å². The van der Waals surface area contributed by atoms with E-state index in [-0.39, 0.29) is 11.6 Å². The first-order valence-electron chi connectivity index (χ1n) is 10.6. The highest BCUT2D eigenvalue weighted by molar-refractivity contribution is 5.75. The van der Waals surface area contributed by atoms with Gasteiger partial charge in [0.25, 0.3) is 0 Å². The molecule has 0 fully saturated rings. The molecule has 0 radical (unpaired) electrons. The topological polar surface area (TPSA) is 103 Å². The molecule has 0 bridgehead atoms. The molecule has 12 heteroatoms. The Morgan fingerprint density at radius 2 is 1.97 bits per heavy atom. The molecule has 2 heterocycles. The molecule has 0 amide bonds. The lowest BCUT2D eigenvalue weighted by atomic mass is 9.98. The molecule has 2 aromatic heterocycles. The second-order valence-corrected chi connectivity index (χ2v) is 7.64. The molecule has 9 nitrogen and oxygen atoms in total. The van der Waals surface area contributed by atoms with Crippen LogP contribution in [0.25, 0.3) is 5.69 Å². The number of esters is 1. The minimum absolute atomic E-state index is 0.0920. The summed E-state index contributed by atoms with van der Waals surface area (Å²) in [6, 6.07) is 6.77. The number of halogens is 3. The molecule has 3 aromatic rings. The van der Waals surface area contributed by atoms with Crippen LogP contribution in [0.4, 0.5) is 30.6 Å². The largest absolute Gasteiger partial charge is 0.494 e. The van der Waals surface area contributed by atoms with Gasteiger partial charge in [0.1, 0.15) is 23.9 Å². The average Bonchev–Trinajstić information content (AvgIpc) is 3.25. The molecule has 1 aromatic carbocycles. The van der Waals surface area contributed by atoms with E-state index in [1.54, 1.807) is 26.3 Å². The van der Waals surface area contributed by atoms with Gasteiger partial charge in [-0.05, 0) is 49.4 Å². The minimum Gasteiger partial charge on any atom is -0.494 e. The van der Waals surface area contributed by atoms with Crippen molar-refractivity contribution in [3.8, 4) is 11.4 Å². The van der Waals surface area contributed by atoms with Crippen LogP contribution in [0.15, 0.2) is 30.5 Å². The van der Waals surface area contributed by atoms with Gasteiger partial charge in [-0.2, -0.15) is 23.3 Å². The maximum absolute atomic E-state index is 12.4. The van der Waals surface area contributed by atoms with Gasteiger partial charge in [0.15, 0.2) is 0 Å². The summed E-state index contributed by atoms with van der Waals surface area (Å²) in [6.45, 7) is -0.655. The van der Waals surface area contributed by atoms with E-state index < -0.39 is 18.8 Å². The van der Waals surface area contributed by atoms with Crippen molar-refractivity contribution in [1.82, 2.24) is 19.7 Å². The van der Waals surface area contributed by atoms with Crippen molar-refractivity contribution in [2.45, 2.75) is 38.5 Å². The number of carbonyl (C=O) groups is 1. The average molecular weight is 476 g/mol. The van der Waals surface area contributed by atoms with Crippen molar-refractivity contribution in [2.24, 2.45) is 0 Å². The molecule has 4 rings (SSSR count). The van der Waals surface area contributed by atoms with Gasteiger partial charge < -0.3 is 20.1 Å². The molecule has 0 atom stereocenters. The number of alkyl halides is 3. The number of rotatable bonds is 7. The molecule has 34 heavy (non-hydrogen) atoms. The Morgan fingerprint density at radius 1 is 1.18 bits per heavy atom. The Hall–Kier alpha value is -3.83. The number of nitrogens with one attached hydrogen (secondary N) is 2. The van der Waals surface area contributed by atoms with Gasteiger partial charge >= 0.3 is 12.1 Å². The third kappa shape index (κ3) is 5.05. The van der Waals surface area contributed by atoms with Crippen LogP contribution in [0.1, 0.15) is 29.8 Å². The fraction of sp³-hybridized carbons (Fsp3) is 0.364. The van der Waals surface area contributed by atoms with Crippen LogP contribution in [0, 0.1) is 0 Å². The van der Waals surface area contributed by atoms with Crippen molar-refractivity contribution in [3.05, 3.63) is 47.4 Å². The van der Waals surface area contributed by atoms with E-state index in [9.17, 15) is 18.0 Å². The number of aromatic nitrogens is 4. The fourth-order valence-electron chi connectivity index (χ4n) is 3.74. The normalized spacial score (nSPS) is 13.2. The molecule has 0 aliphatic heterocycles. The second kappa shape index (κ2) is 9.57.